The van der Waals surface area contributed by atoms with E-state index in [0.717, 1.165) is 87.3 Å². The number of halogens is 1. The van der Waals surface area contributed by atoms with Crippen LogP contribution in [0.4, 0.5) is 0 Å². The topological polar surface area (TPSA) is 282 Å². The van der Waals surface area contributed by atoms with Gasteiger partial charge in [0.25, 0.3) is 0 Å². The zero-order valence-electron chi connectivity index (χ0n) is 74.2. The van der Waals surface area contributed by atoms with Gasteiger partial charge in [-0.05, 0) is 200 Å². The highest BCUT2D eigenvalue weighted by Crippen LogP contribution is 2.42. The van der Waals surface area contributed by atoms with Crippen molar-refractivity contribution in [3.8, 4) is 72.6 Å². The fourth-order valence-electron chi connectivity index (χ4n) is 13.9. The van der Waals surface area contributed by atoms with Crippen molar-refractivity contribution in [1.82, 2.24) is 24.9 Å². The number of pyridine rings is 3. The standard InChI is InChI=1S/C15H10O2.C15H14O.2C14H13NO.C14H12O2.C12H11N.C12H6O3S.C8H5ClOS2.C8H8N2O/c1-9(16)10-7-4-8-13-14(10)11-5-2-3-6-12(11)15(13)17;1-11-3-5-14(6-4-11)15-9-7-13(8-10-15)12(2)16;1-10-3-5-12(6-4-10)13-7-8-14(11(2)16)15-9-13;1-10-3-5-12(6-4-10)14-8-7-13(9-15-14)11(2)16;15-13-8-6-12(7-9-13)14(16)10-11-4-2-1-3-5-11;1-10-4-2-5-11(8-10)12-6-3-7-13-9-12;13-10-7-2-1-6(12(14)15)5-9(7)8-3-4-16-11(8)10;1-4(10)7-6(9)5-2-3-11-8(5)12-7;11-4-6-1-2-7-8(3-6)10-5-9-7/h2-8H,1H3;3-10H,1-2H3;2*3-9H,1-2H3;1-9,15H,10H2;2-9H,1H3;1-5H,(H,14,15);2-3H,1H3;1-3,5,11H,4H2,(H,9,10). The lowest BCUT2D eigenvalue weighted by Gasteiger charge is -2.04. The molecule has 0 fully saturated rings. The van der Waals surface area contributed by atoms with Crippen LogP contribution in [-0.2, 0) is 13.0 Å². The number of aliphatic hydroxyl groups excluding tert-OH is 1. The molecule has 0 radical (unpaired) electrons. The molecule has 0 spiro atoms. The monoisotopic (exact) mass is 1830 g/mol. The minimum absolute atomic E-state index is 0.00283. The minimum Gasteiger partial charge on any atom is -0.508 e. The number of benzene rings is 11. The number of hydrogen-bond donors (Lipinski definition) is 4. The van der Waals surface area contributed by atoms with Gasteiger partial charge in [0, 0.05) is 112 Å². The summed E-state index contributed by atoms with van der Waals surface area (Å²) in [5.41, 5.74) is 26.2. The fraction of sp³-hybridized carbons (Fsp3) is 0.0982. The summed E-state index contributed by atoms with van der Waals surface area (Å²) in [4.78, 5) is 124. The molecule has 7 heterocycles. The number of aryl methyl sites for hydroxylation is 4. The van der Waals surface area contributed by atoms with E-state index in [0.29, 0.717) is 60.3 Å². The number of rotatable bonds is 14. The Hall–Kier alpha value is -15.4. The lowest BCUT2D eigenvalue weighted by atomic mass is 9.97. The van der Waals surface area contributed by atoms with Crippen molar-refractivity contribution in [1.29, 1.82) is 0 Å². The van der Waals surface area contributed by atoms with Crippen molar-refractivity contribution in [3.63, 3.8) is 0 Å². The van der Waals surface area contributed by atoms with Gasteiger partial charge < -0.3 is 20.3 Å². The summed E-state index contributed by atoms with van der Waals surface area (Å²) in [7, 11) is 0. The Morgan fingerprint density at radius 3 is 1.56 bits per heavy atom. The van der Waals surface area contributed by atoms with Crippen LogP contribution in [0.5, 0.6) is 5.75 Å². The molecule has 0 aliphatic heterocycles. The number of thiophene rings is 3. The van der Waals surface area contributed by atoms with Crippen molar-refractivity contribution in [2.24, 2.45) is 0 Å². The molecule has 18 aromatic rings. The Bertz CT molecular complexity index is 6940. The number of imidazole rings is 1. The molecule has 7 aromatic heterocycles. The second-order valence-electron chi connectivity index (χ2n) is 31.0. The van der Waals surface area contributed by atoms with Crippen LogP contribution < -0.4 is 0 Å². The Morgan fingerprint density at radius 1 is 0.406 bits per heavy atom. The third-order valence-corrected chi connectivity index (χ3v) is 24.9. The van der Waals surface area contributed by atoms with Gasteiger partial charge >= 0.3 is 5.97 Å². The smallest absolute Gasteiger partial charge is 0.335 e. The lowest BCUT2D eigenvalue weighted by molar-refractivity contribution is 0.0694. The van der Waals surface area contributed by atoms with E-state index in [-0.39, 0.29) is 64.2 Å². The average Bonchev–Trinajstić information content (AvgIpc) is 1.60. The molecule has 0 atom stereocenters. The maximum atomic E-state index is 12.2. The van der Waals surface area contributed by atoms with Crippen LogP contribution in [0.3, 0.4) is 0 Å². The van der Waals surface area contributed by atoms with Crippen molar-refractivity contribution in [2.75, 3.05) is 0 Å². The van der Waals surface area contributed by atoms with Crippen molar-refractivity contribution in [2.45, 2.75) is 75.3 Å². The van der Waals surface area contributed by atoms with Gasteiger partial charge in [-0.15, -0.1) is 34.0 Å². The number of phenols is 1. The highest BCUT2D eigenvalue weighted by Gasteiger charge is 2.30. The van der Waals surface area contributed by atoms with E-state index in [4.69, 9.17) is 26.9 Å². The zero-order valence-corrected chi connectivity index (χ0v) is 77.4. The molecule has 4 N–H and O–H groups in total. The molecule has 0 unspecified atom stereocenters. The van der Waals surface area contributed by atoms with Crippen LogP contribution >= 0.6 is 45.6 Å². The molecule has 0 saturated carbocycles. The van der Waals surface area contributed by atoms with E-state index in [1.807, 2.05) is 163 Å². The van der Waals surface area contributed by atoms with Gasteiger partial charge in [-0.3, -0.25) is 53.3 Å². The highest BCUT2D eigenvalue weighted by molar-refractivity contribution is 7.38. The molecule has 11 aromatic carbocycles. The van der Waals surface area contributed by atoms with Crippen molar-refractivity contribution < 1.29 is 58.5 Å². The number of ketones is 8. The predicted molar refractivity (Wildman–Crippen MR) is 535 cm³/mol. The number of H-pyrrole nitrogens is 1. The number of aliphatic hydroxyl groups is 1. The molecule has 0 bridgehead atoms. The number of Topliss-reactive ketones (excluding diaryl/α,β-unsaturated/α-hetero) is 6. The van der Waals surface area contributed by atoms with E-state index in [2.05, 4.69) is 144 Å². The third-order valence-electron chi connectivity index (χ3n) is 21.2. The lowest BCUT2D eigenvalue weighted by Crippen LogP contribution is -2.02. The number of aromatic carboxylic acids is 1. The van der Waals surface area contributed by atoms with E-state index in [1.54, 1.807) is 106 Å². The first-order chi connectivity index (χ1) is 64.1. The third kappa shape index (κ3) is 25.8. The summed E-state index contributed by atoms with van der Waals surface area (Å²) in [5.74, 6) is -0.536. The van der Waals surface area contributed by atoms with Crippen LogP contribution in [-0.4, -0.2) is 92.5 Å². The number of phenolic OH excluding ortho intramolecular Hbond substituents is 1. The Morgan fingerprint density at radius 2 is 0.977 bits per heavy atom. The van der Waals surface area contributed by atoms with Gasteiger partial charge in [-0.25, -0.2) is 9.78 Å². The molecule has 2 aliphatic carbocycles. The number of aromatic nitrogens is 5. The number of carboxylic acid groups (broad SMARTS) is 1. The first-order valence-corrected chi connectivity index (χ1v) is 45.1. The second kappa shape index (κ2) is 46.2. The molecule has 133 heavy (non-hydrogen) atoms. The molecule has 2 aliphatic rings. The van der Waals surface area contributed by atoms with Gasteiger partial charge in [0.05, 0.1) is 54.0 Å². The summed E-state index contributed by atoms with van der Waals surface area (Å²) in [6.07, 6.45) is 9.07. The number of hydrogen-bond acceptors (Lipinski definition) is 18. The van der Waals surface area contributed by atoms with Gasteiger partial charge in [0.1, 0.15) is 11.4 Å². The van der Waals surface area contributed by atoms with Gasteiger partial charge in [0.15, 0.2) is 40.5 Å². The summed E-state index contributed by atoms with van der Waals surface area (Å²) in [6.45, 7) is 16.1. The maximum Gasteiger partial charge on any atom is 0.335 e. The van der Waals surface area contributed by atoms with Crippen LogP contribution in [0.2, 0.25) is 5.02 Å². The van der Waals surface area contributed by atoms with E-state index in [1.165, 1.54) is 93.7 Å². The van der Waals surface area contributed by atoms with Crippen LogP contribution in [0, 0.1) is 27.7 Å². The molecule has 0 saturated heterocycles. The van der Waals surface area contributed by atoms with Crippen LogP contribution in [0.25, 0.3) is 87.3 Å². The number of carbonyl (C=O) groups is 9. The maximum absolute atomic E-state index is 12.2. The SMILES string of the molecule is CC(=O)c1ccc(-c2ccc(C)cc2)cc1.CC(=O)c1ccc(-c2ccc(C)cc2)cn1.CC(=O)c1ccc(-c2ccc(C)cc2)nc1.CC(=O)c1cccc2c1-c1ccccc1C2=O.CC(=O)c1sc2sccc2c1Cl.Cc1cccc(-c2cccnc2)c1.O=C(Cc1ccccc1)c1ccc(O)cc1.O=C(O)c1ccc2c(c1)-c1ccsc1C2=O.OCc1ccc2nc[nH]c2c1. The molecule has 662 valence electrons. The van der Waals surface area contributed by atoms with Crippen LogP contribution in [0.15, 0.2) is 345 Å². The number of carbonyl (C=O) groups excluding carboxylic acids is 8. The second-order valence-corrected chi connectivity index (χ2v) is 34.5. The quantitative estimate of drug-likeness (QED) is 0.0736. The number of aromatic hydroxyl groups is 1. The normalized spacial score (nSPS) is 10.7. The highest BCUT2D eigenvalue weighted by atomic mass is 35.5. The Balaban J connectivity index is 0.000000135. The summed E-state index contributed by atoms with van der Waals surface area (Å²) in [6, 6.07) is 95.1. The predicted octanol–water partition coefficient (Wildman–Crippen LogP) is 26.9. The number of fused-ring (bicyclic) bond motifs is 8. The van der Waals surface area contributed by atoms with Crippen molar-refractivity contribution >= 4 is 118 Å². The summed E-state index contributed by atoms with van der Waals surface area (Å²) < 4.78 is 1.13. The molecule has 20 rings (SSSR count). The average molecular weight is 1830 g/mol. The van der Waals surface area contributed by atoms with E-state index < -0.39 is 5.97 Å². The Labute approximate surface area is 787 Å². The Kier molecular flexibility index (Phi) is 33.6. The van der Waals surface area contributed by atoms with Crippen molar-refractivity contribution in [3.05, 3.63) is 444 Å². The zero-order chi connectivity index (χ0) is 94.8. The first kappa shape index (κ1) is 96.7. The largest absolute Gasteiger partial charge is 0.508 e. The summed E-state index contributed by atoms with van der Waals surface area (Å²) in [5, 5.41) is 32.3. The fourth-order valence-corrected chi connectivity index (χ4v) is 17.4. The molecule has 17 nitrogen and oxygen atoms in total. The van der Waals surface area contributed by atoms with Gasteiger partial charge in [-0.1, -0.05) is 246 Å². The molecular weight excluding hydrogens is 1740 g/mol. The van der Waals surface area contributed by atoms with E-state index >= 15 is 0 Å². The molecule has 21 heteroatoms. The summed E-state index contributed by atoms with van der Waals surface area (Å²) >= 11 is 10.5. The molecule has 0 amide bonds. The number of aromatic amines is 1. The number of nitrogens with one attached hydrogen (secondary N) is 1. The van der Waals surface area contributed by atoms with Gasteiger partial charge in [-0.2, -0.15) is 0 Å². The van der Waals surface area contributed by atoms with E-state index in [9.17, 15) is 43.2 Å². The molecular formula is C112H92ClN5O12S3. The van der Waals surface area contributed by atoms with Crippen LogP contribution in [0.1, 0.15) is 171 Å². The first-order valence-electron chi connectivity index (χ1n) is 42.2. The number of carboxylic acids is 1. The number of nitrogens with zero attached hydrogens (tertiary/aromatic N) is 4. The van der Waals surface area contributed by atoms with Gasteiger partial charge in [0.2, 0.25) is 5.78 Å². The minimum atomic E-state index is -0.973.